The van der Waals surface area contributed by atoms with Crippen molar-refractivity contribution in [1.29, 1.82) is 0 Å². The molecule has 0 spiro atoms. The summed E-state index contributed by atoms with van der Waals surface area (Å²) in [6, 6.07) is 4.78. The minimum atomic E-state index is -0.415. The zero-order valence-electron chi connectivity index (χ0n) is 10.2. The van der Waals surface area contributed by atoms with Crippen molar-refractivity contribution in [2.75, 3.05) is 20.8 Å². The molecule has 0 saturated heterocycles. The van der Waals surface area contributed by atoms with Gasteiger partial charge in [0.15, 0.2) is 11.5 Å². The summed E-state index contributed by atoms with van der Waals surface area (Å²) in [5.74, 6) is 0.619. The summed E-state index contributed by atoms with van der Waals surface area (Å²) in [6.07, 6.45) is 0. The second-order valence-electron chi connectivity index (χ2n) is 3.65. The third-order valence-electron chi connectivity index (χ3n) is 2.09. The first-order valence-electron chi connectivity index (χ1n) is 5.23. The van der Waals surface area contributed by atoms with Crippen molar-refractivity contribution >= 4 is 5.97 Å². The van der Waals surface area contributed by atoms with Crippen molar-refractivity contribution in [2.45, 2.75) is 13.0 Å². The summed E-state index contributed by atoms with van der Waals surface area (Å²) in [4.78, 5) is 11.3. The monoisotopic (exact) mass is 239 g/mol. The molecule has 0 bridgehead atoms. The molecular formula is C12H17NO4. The number of benzene rings is 1. The van der Waals surface area contributed by atoms with Crippen LogP contribution < -0.4 is 15.2 Å². The fourth-order valence-electron chi connectivity index (χ4n) is 1.25. The van der Waals surface area contributed by atoms with Crippen LogP contribution in [-0.4, -0.2) is 32.8 Å². The molecule has 2 N–H and O–H groups in total. The molecule has 0 radical (unpaired) electrons. The van der Waals surface area contributed by atoms with Gasteiger partial charge in [0.1, 0.15) is 6.61 Å². The third kappa shape index (κ3) is 3.64. The quantitative estimate of drug-likeness (QED) is 0.782. The largest absolute Gasteiger partial charge is 0.493 e. The Hall–Kier alpha value is -1.75. The van der Waals surface area contributed by atoms with E-state index in [-0.39, 0.29) is 6.04 Å². The van der Waals surface area contributed by atoms with Crippen molar-refractivity contribution < 1.29 is 19.0 Å². The van der Waals surface area contributed by atoms with Gasteiger partial charge in [0.25, 0.3) is 0 Å². The van der Waals surface area contributed by atoms with E-state index in [1.165, 1.54) is 14.2 Å². The highest BCUT2D eigenvalue weighted by molar-refractivity contribution is 5.90. The van der Waals surface area contributed by atoms with Crippen LogP contribution in [-0.2, 0) is 4.74 Å². The number of methoxy groups -OCH3 is 2. The van der Waals surface area contributed by atoms with Crippen LogP contribution in [0.2, 0.25) is 0 Å². The molecule has 0 amide bonds. The molecule has 1 atom stereocenters. The maximum absolute atomic E-state index is 11.3. The van der Waals surface area contributed by atoms with Crippen LogP contribution in [0.5, 0.6) is 11.5 Å². The Kier molecular flexibility index (Phi) is 4.78. The van der Waals surface area contributed by atoms with Crippen LogP contribution in [0, 0.1) is 0 Å². The number of ether oxygens (including phenoxy) is 3. The topological polar surface area (TPSA) is 70.8 Å². The second kappa shape index (κ2) is 6.10. The van der Waals surface area contributed by atoms with Gasteiger partial charge in [-0.3, -0.25) is 0 Å². The Morgan fingerprint density at radius 2 is 2.06 bits per heavy atom. The minimum absolute atomic E-state index is 0.0695. The molecule has 1 unspecified atom stereocenters. The SMILES string of the molecule is COC(=O)c1ccc(OCC(C)N)c(OC)c1. The van der Waals surface area contributed by atoms with Crippen molar-refractivity contribution in [1.82, 2.24) is 0 Å². The van der Waals surface area contributed by atoms with E-state index in [2.05, 4.69) is 4.74 Å². The molecule has 1 aromatic carbocycles. The second-order valence-corrected chi connectivity index (χ2v) is 3.65. The van der Waals surface area contributed by atoms with E-state index in [1.807, 2.05) is 6.92 Å². The lowest BCUT2D eigenvalue weighted by Crippen LogP contribution is -2.23. The summed E-state index contributed by atoms with van der Waals surface area (Å²) in [7, 11) is 2.84. The molecule has 0 aliphatic rings. The van der Waals surface area contributed by atoms with Crippen LogP contribution in [0.4, 0.5) is 0 Å². The Bertz CT molecular complexity index is 390. The number of carbonyl (C=O) groups is 1. The molecule has 0 aliphatic carbocycles. The first kappa shape index (κ1) is 13.3. The molecule has 1 rings (SSSR count). The molecule has 0 heterocycles. The smallest absolute Gasteiger partial charge is 0.337 e. The first-order chi connectivity index (χ1) is 8.08. The Balaban J connectivity index is 2.89. The molecule has 94 valence electrons. The Morgan fingerprint density at radius 1 is 1.35 bits per heavy atom. The van der Waals surface area contributed by atoms with Crippen LogP contribution in [0.1, 0.15) is 17.3 Å². The first-order valence-corrected chi connectivity index (χ1v) is 5.23. The van der Waals surface area contributed by atoms with Gasteiger partial charge in [-0.05, 0) is 25.1 Å². The molecule has 0 aliphatic heterocycles. The van der Waals surface area contributed by atoms with Crippen molar-refractivity contribution in [2.24, 2.45) is 5.73 Å². The lowest BCUT2D eigenvalue weighted by atomic mass is 10.2. The molecule has 0 aromatic heterocycles. The van der Waals surface area contributed by atoms with Gasteiger partial charge in [0.05, 0.1) is 19.8 Å². The highest BCUT2D eigenvalue weighted by Crippen LogP contribution is 2.28. The van der Waals surface area contributed by atoms with E-state index in [0.29, 0.717) is 23.7 Å². The van der Waals surface area contributed by atoms with Crippen molar-refractivity contribution in [3.8, 4) is 11.5 Å². The summed E-state index contributed by atoms with van der Waals surface area (Å²) in [5, 5.41) is 0. The minimum Gasteiger partial charge on any atom is -0.493 e. The molecule has 1 aromatic rings. The van der Waals surface area contributed by atoms with Crippen LogP contribution in [0.15, 0.2) is 18.2 Å². The highest BCUT2D eigenvalue weighted by Gasteiger charge is 2.11. The summed E-state index contributed by atoms with van der Waals surface area (Å²) >= 11 is 0. The average Bonchev–Trinajstić information content (AvgIpc) is 2.34. The lowest BCUT2D eigenvalue weighted by Gasteiger charge is -2.13. The van der Waals surface area contributed by atoms with Crippen molar-refractivity contribution in [3.05, 3.63) is 23.8 Å². The maximum atomic E-state index is 11.3. The highest BCUT2D eigenvalue weighted by atomic mass is 16.5. The molecular weight excluding hydrogens is 222 g/mol. The number of nitrogens with two attached hydrogens (primary N) is 1. The molecule has 5 heteroatoms. The number of carbonyl (C=O) groups excluding carboxylic acids is 1. The zero-order valence-corrected chi connectivity index (χ0v) is 10.2. The zero-order chi connectivity index (χ0) is 12.8. The van der Waals surface area contributed by atoms with E-state index < -0.39 is 5.97 Å². The van der Waals surface area contributed by atoms with Crippen molar-refractivity contribution in [3.63, 3.8) is 0 Å². The van der Waals surface area contributed by atoms with Crippen LogP contribution in [0.25, 0.3) is 0 Å². The van der Waals surface area contributed by atoms with Gasteiger partial charge in [-0.1, -0.05) is 0 Å². The lowest BCUT2D eigenvalue weighted by molar-refractivity contribution is 0.0600. The summed E-state index contributed by atoms with van der Waals surface area (Å²) in [5.41, 5.74) is 6.01. The number of esters is 1. The Morgan fingerprint density at radius 3 is 2.59 bits per heavy atom. The van der Waals surface area contributed by atoms with Gasteiger partial charge in [-0.15, -0.1) is 0 Å². The molecule has 17 heavy (non-hydrogen) atoms. The summed E-state index contributed by atoms with van der Waals surface area (Å²) < 4.78 is 15.2. The average molecular weight is 239 g/mol. The normalized spacial score (nSPS) is 11.8. The van der Waals surface area contributed by atoms with E-state index in [4.69, 9.17) is 15.2 Å². The molecule has 0 fully saturated rings. The van der Waals surface area contributed by atoms with Gasteiger partial charge in [-0.2, -0.15) is 0 Å². The van der Waals surface area contributed by atoms with Gasteiger partial charge in [-0.25, -0.2) is 4.79 Å². The maximum Gasteiger partial charge on any atom is 0.337 e. The van der Waals surface area contributed by atoms with Gasteiger partial charge in [0.2, 0.25) is 0 Å². The predicted octanol–water partition coefficient (Wildman–Crippen LogP) is 1.21. The third-order valence-corrected chi connectivity index (χ3v) is 2.09. The summed E-state index contributed by atoms with van der Waals surface area (Å²) in [6.45, 7) is 2.23. The Labute approximate surface area is 100 Å². The predicted molar refractivity (Wildman–Crippen MR) is 63.5 cm³/mol. The van der Waals surface area contributed by atoms with Crippen LogP contribution in [0.3, 0.4) is 0 Å². The number of hydrogen-bond acceptors (Lipinski definition) is 5. The fraction of sp³-hybridized carbons (Fsp3) is 0.417. The van der Waals surface area contributed by atoms with Gasteiger partial charge >= 0.3 is 5.97 Å². The number of rotatable bonds is 5. The number of hydrogen-bond donors (Lipinski definition) is 1. The van der Waals surface area contributed by atoms with E-state index >= 15 is 0 Å². The molecule has 5 nitrogen and oxygen atoms in total. The van der Waals surface area contributed by atoms with E-state index in [9.17, 15) is 4.79 Å². The van der Waals surface area contributed by atoms with Crippen LogP contribution >= 0.6 is 0 Å². The fourth-order valence-corrected chi connectivity index (χ4v) is 1.25. The van der Waals surface area contributed by atoms with Gasteiger partial charge in [0, 0.05) is 6.04 Å². The standard InChI is InChI=1S/C12H17NO4/c1-8(13)7-17-10-5-4-9(12(14)16-3)6-11(10)15-2/h4-6,8H,7,13H2,1-3H3. The van der Waals surface area contributed by atoms with Gasteiger partial charge < -0.3 is 19.9 Å². The van der Waals surface area contributed by atoms with E-state index in [0.717, 1.165) is 0 Å². The molecule has 0 saturated carbocycles. The van der Waals surface area contributed by atoms with E-state index in [1.54, 1.807) is 18.2 Å².